The largest absolute Gasteiger partial charge is 0.343 e. The molecule has 2 rings (SSSR count). The molecule has 0 saturated carbocycles. The molecule has 0 spiro atoms. The van der Waals surface area contributed by atoms with E-state index in [9.17, 15) is 9.59 Å². The van der Waals surface area contributed by atoms with Crippen LogP contribution in [0.1, 0.15) is 46.6 Å². The number of anilines is 1. The second-order valence-electron chi connectivity index (χ2n) is 5.82. The van der Waals surface area contributed by atoms with E-state index < -0.39 is 5.25 Å². The van der Waals surface area contributed by atoms with Crippen molar-refractivity contribution in [2.75, 3.05) is 5.32 Å². The molecule has 0 radical (unpaired) electrons. The minimum Gasteiger partial charge on any atom is -0.310 e. The van der Waals surface area contributed by atoms with Gasteiger partial charge in [-0.1, -0.05) is 25.1 Å². The van der Waals surface area contributed by atoms with Crippen molar-refractivity contribution < 1.29 is 4.79 Å². The normalized spacial score (nSPS) is 12.5. The molecule has 1 unspecified atom stereocenters. The molecular formula is C15H24N6O2S. The van der Waals surface area contributed by atoms with Gasteiger partial charge in [-0.15, -0.1) is 5.10 Å². The zero-order chi connectivity index (χ0) is 17.7. The lowest BCUT2D eigenvalue weighted by atomic mass is 10.3. The molecule has 0 aliphatic rings. The molecule has 8 nitrogen and oxygen atoms in total. The van der Waals surface area contributed by atoms with Gasteiger partial charge in [0.1, 0.15) is 5.82 Å². The van der Waals surface area contributed by atoms with Gasteiger partial charge in [-0.25, -0.2) is 14.6 Å². The number of nitrogens with one attached hydrogen (secondary N) is 2. The molecule has 0 saturated heterocycles. The fourth-order valence-electron chi connectivity index (χ4n) is 2.17. The van der Waals surface area contributed by atoms with E-state index in [0.29, 0.717) is 17.5 Å². The monoisotopic (exact) mass is 352 g/mol. The Kier molecular flexibility index (Phi) is 6.24. The van der Waals surface area contributed by atoms with Crippen LogP contribution < -0.4 is 11.0 Å². The summed E-state index contributed by atoms with van der Waals surface area (Å²) in [5.41, 5.74) is -0.239. The number of H-pyrrole nitrogens is 1. The Labute approximate surface area is 145 Å². The molecule has 2 heterocycles. The topological polar surface area (TPSA) is 97.6 Å². The van der Waals surface area contributed by atoms with Crippen molar-refractivity contribution in [2.45, 2.75) is 63.5 Å². The van der Waals surface area contributed by atoms with Crippen molar-refractivity contribution in [2.24, 2.45) is 0 Å². The predicted octanol–water partition coefficient (Wildman–Crippen LogP) is 2.27. The Morgan fingerprint density at radius 3 is 2.83 bits per heavy atom. The highest BCUT2D eigenvalue weighted by Crippen LogP contribution is 2.22. The number of amides is 1. The predicted molar refractivity (Wildman–Crippen MR) is 94.3 cm³/mol. The molecule has 0 bridgehead atoms. The highest BCUT2D eigenvalue weighted by molar-refractivity contribution is 8.00. The molecule has 24 heavy (non-hydrogen) atoms. The van der Waals surface area contributed by atoms with Crippen LogP contribution in [-0.2, 0) is 11.3 Å². The number of hydrogen-bond acceptors (Lipinski definition) is 5. The van der Waals surface area contributed by atoms with Gasteiger partial charge in [-0.05, 0) is 27.2 Å². The van der Waals surface area contributed by atoms with Crippen molar-refractivity contribution in [3.63, 3.8) is 0 Å². The number of thioether (sulfide) groups is 1. The summed E-state index contributed by atoms with van der Waals surface area (Å²) in [4.78, 5) is 24.2. The van der Waals surface area contributed by atoms with Gasteiger partial charge in [0.25, 0.3) is 0 Å². The SMILES string of the molecule is CCCCn1c(SC(C)C(=O)Nc2ccnn2C(C)C)n[nH]c1=O. The highest BCUT2D eigenvalue weighted by atomic mass is 32.2. The Bertz CT molecular complexity index is 732. The van der Waals surface area contributed by atoms with Gasteiger partial charge in [-0.3, -0.25) is 9.36 Å². The summed E-state index contributed by atoms with van der Waals surface area (Å²) in [6.07, 6.45) is 3.53. The van der Waals surface area contributed by atoms with Gasteiger partial charge >= 0.3 is 5.69 Å². The Morgan fingerprint density at radius 1 is 1.42 bits per heavy atom. The molecule has 2 aromatic rings. The molecule has 0 aliphatic carbocycles. The number of nitrogens with zero attached hydrogens (tertiary/aromatic N) is 4. The summed E-state index contributed by atoms with van der Waals surface area (Å²) in [5.74, 6) is 0.507. The lowest BCUT2D eigenvalue weighted by molar-refractivity contribution is -0.115. The number of unbranched alkanes of at least 4 members (excludes halogenated alkanes) is 1. The quantitative estimate of drug-likeness (QED) is 0.710. The third-order valence-electron chi connectivity index (χ3n) is 3.52. The van der Waals surface area contributed by atoms with E-state index in [1.54, 1.807) is 28.4 Å². The van der Waals surface area contributed by atoms with Crippen LogP contribution in [0.25, 0.3) is 0 Å². The first-order valence-corrected chi connectivity index (χ1v) is 8.98. The van der Waals surface area contributed by atoms with E-state index in [0.717, 1.165) is 12.8 Å². The van der Waals surface area contributed by atoms with Crippen LogP contribution in [0, 0.1) is 0 Å². The average molecular weight is 352 g/mol. The maximum absolute atomic E-state index is 12.4. The van der Waals surface area contributed by atoms with Gasteiger partial charge in [0.15, 0.2) is 5.16 Å². The second kappa shape index (κ2) is 8.18. The molecule has 1 atom stereocenters. The maximum Gasteiger partial charge on any atom is 0.343 e. The van der Waals surface area contributed by atoms with Crippen LogP contribution in [0.2, 0.25) is 0 Å². The number of aromatic nitrogens is 5. The minimum absolute atomic E-state index is 0.153. The number of carbonyl (C=O) groups excluding carboxylic acids is 1. The van der Waals surface area contributed by atoms with E-state index in [4.69, 9.17) is 0 Å². The lowest BCUT2D eigenvalue weighted by Gasteiger charge is -2.14. The zero-order valence-corrected chi connectivity index (χ0v) is 15.3. The van der Waals surface area contributed by atoms with Gasteiger partial charge in [-0.2, -0.15) is 5.10 Å². The number of aromatic amines is 1. The van der Waals surface area contributed by atoms with Crippen molar-refractivity contribution in [1.29, 1.82) is 0 Å². The summed E-state index contributed by atoms with van der Waals surface area (Å²) in [5, 5.41) is 13.7. The fourth-order valence-corrected chi connectivity index (χ4v) is 3.05. The summed E-state index contributed by atoms with van der Waals surface area (Å²) in [6, 6.07) is 1.92. The summed E-state index contributed by atoms with van der Waals surface area (Å²) in [6.45, 7) is 8.45. The van der Waals surface area contributed by atoms with Gasteiger partial charge in [0.05, 0.1) is 11.4 Å². The molecular weight excluding hydrogens is 328 g/mol. The van der Waals surface area contributed by atoms with Crippen molar-refractivity contribution in [3.8, 4) is 0 Å². The summed E-state index contributed by atoms with van der Waals surface area (Å²) in [7, 11) is 0. The fraction of sp³-hybridized carbons (Fsp3) is 0.600. The van der Waals surface area contributed by atoms with Crippen LogP contribution in [-0.4, -0.2) is 35.7 Å². The van der Waals surface area contributed by atoms with Crippen molar-refractivity contribution >= 4 is 23.5 Å². The third-order valence-corrected chi connectivity index (χ3v) is 4.61. The van der Waals surface area contributed by atoms with E-state index in [1.165, 1.54) is 11.8 Å². The van der Waals surface area contributed by atoms with Crippen LogP contribution in [0.4, 0.5) is 5.82 Å². The maximum atomic E-state index is 12.4. The Balaban J connectivity index is 2.04. The number of rotatable bonds is 8. The second-order valence-corrected chi connectivity index (χ2v) is 7.13. The molecule has 2 aromatic heterocycles. The number of hydrogen-bond donors (Lipinski definition) is 2. The average Bonchev–Trinajstić information content (AvgIpc) is 3.13. The van der Waals surface area contributed by atoms with Crippen LogP contribution in [0.3, 0.4) is 0 Å². The van der Waals surface area contributed by atoms with Gasteiger partial charge in [0, 0.05) is 18.7 Å². The minimum atomic E-state index is -0.393. The molecule has 132 valence electrons. The van der Waals surface area contributed by atoms with E-state index >= 15 is 0 Å². The van der Waals surface area contributed by atoms with Crippen molar-refractivity contribution in [1.82, 2.24) is 24.5 Å². The smallest absolute Gasteiger partial charge is 0.310 e. The molecule has 1 amide bonds. The lowest BCUT2D eigenvalue weighted by Crippen LogP contribution is -2.25. The Morgan fingerprint density at radius 2 is 2.17 bits per heavy atom. The van der Waals surface area contributed by atoms with Crippen LogP contribution >= 0.6 is 11.8 Å². The van der Waals surface area contributed by atoms with Gasteiger partial charge in [0.2, 0.25) is 5.91 Å². The Hall–Kier alpha value is -2.03. The summed E-state index contributed by atoms with van der Waals surface area (Å²) >= 11 is 1.26. The van der Waals surface area contributed by atoms with E-state index in [-0.39, 0.29) is 17.6 Å². The molecule has 2 N–H and O–H groups in total. The van der Waals surface area contributed by atoms with E-state index in [1.807, 2.05) is 13.8 Å². The van der Waals surface area contributed by atoms with E-state index in [2.05, 4.69) is 27.5 Å². The standard InChI is InChI=1S/C15H24N6O2S/c1-5-6-9-20-14(23)18-19-15(20)24-11(4)13(22)17-12-7-8-16-21(12)10(2)3/h7-8,10-11H,5-6,9H2,1-4H3,(H,17,22)(H,18,23). The first-order valence-electron chi connectivity index (χ1n) is 8.10. The zero-order valence-electron chi connectivity index (χ0n) is 14.4. The first-order chi connectivity index (χ1) is 11.4. The molecule has 0 aromatic carbocycles. The summed E-state index contributed by atoms with van der Waals surface area (Å²) < 4.78 is 3.33. The van der Waals surface area contributed by atoms with Crippen LogP contribution in [0.15, 0.2) is 22.2 Å². The first kappa shape index (κ1) is 18.3. The van der Waals surface area contributed by atoms with Gasteiger partial charge < -0.3 is 5.32 Å². The molecule has 9 heteroatoms. The molecule has 0 fully saturated rings. The molecule has 0 aliphatic heterocycles. The highest BCUT2D eigenvalue weighted by Gasteiger charge is 2.20. The van der Waals surface area contributed by atoms with Crippen molar-refractivity contribution in [3.05, 3.63) is 22.7 Å². The van der Waals surface area contributed by atoms with Crippen LogP contribution in [0.5, 0.6) is 0 Å². The number of carbonyl (C=O) groups is 1. The third kappa shape index (κ3) is 4.28.